The van der Waals surface area contributed by atoms with Crippen LogP contribution in [-0.2, 0) is 9.47 Å². The summed E-state index contributed by atoms with van der Waals surface area (Å²) in [6.07, 6.45) is 8.05. The van der Waals surface area contributed by atoms with E-state index in [1.807, 2.05) is 4.57 Å². The molecule has 0 bridgehead atoms. The van der Waals surface area contributed by atoms with E-state index in [4.69, 9.17) is 21.1 Å². The van der Waals surface area contributed by atoms with Crippen LogP contribution >= 0.6 is 11.6 Å². The summed E-state index contributed by atoms with van der Waals surface area (Å²) in [5.41, 5.74) is 1.31. The van der Waals surface area contributed by atoms with Crippen molar-refractivity contribution in [3.05, 3.63) is 11.5 Å². The van der Waals surface area contributed by atoms with E-state index in [0.29, 0.717) is 22.3 Å². The van der Waals surface area contributed by atoms with Crippen LogP contribution in [0.1, 0.15) is 44.8 Å². The van der Waals surface area contributed by atoms with Crippen molar-refractivity contribution < 1.29 is 9.47 Å². The first-order valence-corrected chi connectivity index (χ1v) is 8.59. The van der Waals surface area contributed by atoms with Gasteiger partial charge in [0.1, 0.15) is 18.0 Å². The zero-order chi connectivity index (χ0) is 15.6. The summed E-state index contributed by atoms with van der Waals surface area (Å²) >= 11 is 6.28. The second-order valence-corrected chi connectivity index (χ2v) is 6.34. The van der Waals surface area contributed by atoms with Crippen molar-refractivity contribution in [2.75, 3.05) is 18.5 Å². The van der Waals surface area contributed by atoms with Crippen LogP contribution in [0.2, 0.25) is 5.15 Å². The van der Waals surface area contributed by atoms with Crippen molar-refractivity contribution in [1.29, 1.82) is 0 Å². The minimum atomic E-state index is -0.0560. The average Bonchev–Trinajstić information content (AvgIpc) is 3.01. The maximum Gasteiger partial charge on any atom is 0.228 e. The van der Waals surface area contributed by atoms with Crippen LogP contribution in [-0.4, -0.2) is 39.0 Å². The van der Waals surface area contributed by atoms with E-state index in [2.05, 4.69) is 20.3 Å². The zero-order valence-electron chi connectivity index (χ0n) is 12.9. The van der Waals surface area contributed by atoms with Crippen LogP contribution < -0.4 is 5.32 Å². The van der Waals surface area contributed by atoms with Crippen LogP contribution in [0, 0.1) is 0 Å². The molecule has 8 heteroatoms. The van der Waals surface area contributed by atoms with Gasteiger partial charge >= 0.3 is 0 Å². The molecule has 2 aliphatic rings. The van der Waals surface area contributed by atoms with E-state index in [1.165, 1.54) is 0 Å². The van der Waals surface area contributed by atoms with E-state index in [-0.39, 0.29) is 12.5 Å². The second-order valence-electron chi connectivity index (χ2n) is 5.98. The first kappa shape index (κ1) is 15.1. The lowest BCUT2D eigenvalue weighted by Crippen LogP contribution is -2.28. The van der Waals surface area contributed by atoms with Crippen LogP contribution in [0.5, 0.6) is 0 Å². The lowest BCUT2D eigenvalue weighted by molar-refractivity contribution is -0.0298. The van der Waals surface area contributed by atoms with E-state index < -0.39 is 0 Å². The van der Waals surface area contributed by atoms with Gasteiger partial charge in [-0.05, 0) is 38.5 Å². The first-order chi connectivity index (χ1) is 11.3. The maximum atomic E-state index is 6.28. The Hall–Kier alpha value is -1.44. The first-order valence-electron chi connectivity index (χ1n) is 8.21. The molecule has 4 rings (SSSR count). The number of aromatic nitrogens is 4. The van der Waals surface area contributed by atoms with Gasteiger partial charge in [-0.1, -0.05) is 11.6 Å². The average molecular weight is 338 g/mol. The standard InChI is InChI=1S/C15H20ClN5O2/c16-13-12-14(21(9-17-12)11-6-2-4-8-23-11)20-15(19-13)18-10-5-1-3-7-22-10/h9-11H,1-8H2,(H,18,19,20). The second kappa shape index (κ2) is 6.59. The molecule has 0 saturated carbocycles. The molecule has 124 valence electrons. The third-order valence-corrected chi connectivity index (χ3v) is 4.58. The summed E-state index contributed by atoms with van der Waals surface area (Å²) in [7, 11) is 0. The predicted molar refractivity (Wildman–Crippen MR) is 86.4 cm³/mol. The van der Waals surface area contributed by atoms with Gasteiger partial charge in [0.2, 0.25) is 5.95 Å². The molecule has 0 radical (unpaired) electrons. The molecule has 2 atom stereocenters. The largest absolute Gasteiger partial charge is 0.359 e. The molecule has 2 saturated heterocycles. The van der Waals surface area contributed by atoms with E-state index in [0.717, 1.165) is 51.7 Å². The van der Waals surface area contributed by atoms with Crippen molar-refractivity contribution in [2.45, 2.75) is 51.0 Å². The Morgan fingerprint density at radius 2 is 1.91 bits per heavy atom. The Kier molecular flexibility index (Phi) is 4.33. The van der Waals surface area contributed by atoms with Crippen molar-refractivity contribution in [1.82, 2.24) is 19.5 Å². The number of halogens is 1. The Balaban J connectivity index is 1.64. The summed E-state index contributed by atoms with van der Waals surface area (Å²) < 4.78 is 13.5. The molecule has 7 nitrogen and oxygen atoms in total. The van der Waals surface area contributed by atoms with Gasteiger partial charge in [-0.25, -0.2) is 4.98 Å². The van der Waals surface area contributed by atoms with Crippen LogP contribution in [0.3, 0.4) is 0 Å². The summed E-state index contributed by atoms with van der Waals surface area (Å²) in [4.78, 5) is 13.2. The summed E-state index contributed by atoms with van der Waals surface area (Å²) in [6, 6.07) is 0. The topological polar surface area (TPSA) is 74.1 Å². The Morgan fingerprint density at radius 1 is 1.09 bits per heavy atom. The smallest absolute Gasteiger partial charge is 0.228 e. The molecule has 4 heterocycles. The van der Waals surface area contributed by atoms with Crippen molar-refractivity contribution in [3.8, 4) is 0 Å². The highest BCUT2D eigenvalue weighted by Gasteiger charge is 2.22. The molecule has 2 unspecified atom stereocenters. The monoisotopic (exact) mass is 337 g/mol. The predicted octanol–water partition coefficient (Wildman–Crippen LogP) is 3.12. The number of hydrogen-bond donors (Lipinski definition) is 1. The molecular formula is C15H20ClN5O2. The lowest BCUT2D eigenvalue weighted by atomic mass is 10.2. The van der Waals surface area contributed by atoms with Gasteiger partial charge in [-0.15, -0.1) is 0 Å². The number of rotatable bonds is 3. The number of imidazole rings is 1. The fourth-order valence-corrected chi connectivity index (χ4v) is 3.31. The molecule has 2 aliphatic heterocycles. The molecule has 0 aliphatic carbocycles. The normalized spacial score (nSPS) is 25.6. The number of nitrogens with one attached hydrogen (secondary N) is 1. The molecule has 0 amide bonds. The third-order valence-electron chi connectivity index (χ3n) is 4.31. The third kappa shape index (κ3) is 3.13. The summed E-state index contributed by atoms with van der Waals surface area (Å²) in [5.74, 6) is 0.479. The SMILES string of the molecule is Clc1nc(NC2CCCCO2)nc2c1ncn2C1CCCCO1. The van der Waals surface area contributed by atoms with Crippen LogP contribution in [0.4, 0.5) is 5.95 Å². The number of anilines is 1. The summed E-state index contributed by atoms with van der Waals surface area (Å²) in [5, 5.41) is 3.57. The molecule has 0 spiro atoms. The van der Waals surface area contributed by atoms with Gasteiger partial charge in [-0.2, -0.15) is 9.97 Å². The zero-order valence-corrected chi connectivity index (χ0v) is 13.6. The van der Waals surface area contributed by atoms with Gasteiger partial charge in [0.05, 0.1) is 6.33 Å². The molecular weight excluding hydrogens is 318 g/mol. The van der Waals surface area contributed by atoms with E-state index >= 15 is 0 Å². The fraction of sp³-hybridized carbons (Fsp3) is 0.667. The molecule has 2 aromatic heterocycles. The van der Waals surface area contributed by atoms with Crippen molar-refractivity contribution in [3.63, 3.8) is 0 Å². The molecule has 2 aromatic rings. The number of hydrogen-bond acceptors (Lipinski definition) is 6. The number of nitrogens with zero attached hydrogens (tertiary/aromatic N) is 4. The number of fused-ring (bicyclic) bond motifs is 1. The van der Waals surface area contributed by atoms with E-state index in [1.54, 1.807) is 6.33 Å². The quantitative estimate of drug-likeness (QED) is 0.867. The number of ether oxygens (including phenoxy) is 2. The van der Waals surface area contributed by atoms with E-state index in [9.17, 15) is 0 Å². The summed E-state index contributed by atoms with van der Waals surface area (Å²) in [6.45, 7) is 1.53. The Labute approximate surface area is 139 Å². The van der Waals surface area contributed by atoms with Crippen LogP contribution in [0.25, 0.3) is 11.2 Å². The highest BCUT2D eigenvalue weighted by atomic mass is 35.5. The highest BCUT2D eigenvalue weighted by molar-refractivity contribution is 6.33. The minimum Gasteiger partial charge on any atom is -0.359 e. The van der Waals surface area contributed by atoms with Gasteiger partial charge in [-0.3, -0.25) is 4.57 Å². The lowest BCUT2D eigenvalue weighted by Gasteiger charge is -2.25. The Bertz CT molecular complexity index is 680. The van der Waals surface area contributed by atoms with Crippen LogP contribution in [0.15, 0.2) is 6.33 Å². The maximum absolute atomic E-state index is 6.28. The van der Waals surface area contributed by atoms with Gasteiger partial charge in [0.15, 0.2) is 10.8 Å². The molecule has 0 aromatic carbocycles. The van der Waals surface area contributed by atoms with Crippen molar-refractivity contribution in [2.24, 2.45) is 0 Å². The molecule has 23 heavy (non-hydrogen) atoms. The van der Waals surface area contributed by atoms with Gasteiger partial charge in [0, 0.05) is 13.2 Å². The molecule has 1 N–H and O–H groups in total. The highest BCUT2D eigenvalue weighted by Crippen LogP contribution is 2.28. The molecule has 2 fully saturated rings. The van der Waals surface area contributed by atoms with Crippen molar-refractivity contribution >= 4 is 28.7 Å². The fourth-order valence-electron chi connectivity index (χ4n) is 3.10. The van der Waals surface area contributed by atoms with Gasteiger partial charge < -0.3 is 14.8 Å². The van der Waals surface area contributed by atoms with Gasteiger partial charge in [0.25, 0.3) is 0 Å². The Morgan fingerprint density at radius 3 is 2.65 bits per heavy atom. The minimum absolute atomic E-state index is 0.0292.